The molecule has 2 rings (SSSR count). The minimum Gasteiger partial charge on any atom is -0.464 e. The van der Waals surface area contributed by atoms with Crippen LogP contribution < -0.4 is 5.32 Å². The van der Waals surface area contributed by atoms with Gasteiger partial charge in [-0.2, -0.15) is 0 Å². The van der Waals surface area contributed by atoms with E-state index in [9.17, 15) is 4.79 Å². The summed E-state index contributed by atoms with van der Waals surface area (Å²) < 4.78 is 6.24. The molecule has 0 aliphatic heterocycles. The fraction of sp³-hybridized carbons (Fsp3) is 0.438. The number of anilines is 1. The number of hydrogen-bond donors (Lipinski definition) is 1. The molecule has 1 aromatic rings. The normalized spacial score (nSPS) is 19.4. The SMILES string of the molecule is CCOC(=O)C(Nc1ccc(Br)cc1)C1CC=CCC1. The molecule has 0 aromatic heterocycles. The molecule has 0 saturated heterocycles. The van der Waals surface area contributed by atoms with Gasteiger partial charge in [0.1, 0.15) is 6.04 Å². The van der Waals surface area contributed by atoms with Crippen LogP contribution in [0.15, 0.2) is 40.9 Å². The van der Waals surface area contributed by atoms with Gasteiger partial charge in [0.25, 0.3) is 0 Å². The third kappa shape index (κ3) is 4.10. The summed E-state index contributed by atoms with van der Waals surface area (Å²) in [5.41, 5.74) is 0.945. The van der Waals surface area contributed by atoms with Gasteiger partial charge in [0.05, 0.1) is 6.61 Å². The predicted molar refractivity (Wildman–Crippen MR) is 84.7 cm³/mol. The second-order valence-corrected chi connectivity index (χ2v) is 5.84. The molecule has 1 aromatic carbocycles. The largest absolute Gasteiger partial charge is 0.464 e. The van der Waals surface area contributed by atoms with Gasteiger partial charge in [-0.3, -0.25) is 0 Å². The lowest BCUT2D eigenvalue weighted by Gasteiger charge is -2.28. The number of benzene rings is 1. The molecule has 0 radical (unpaired) electrons. The van der Waals surface area contributed by atoms with Crippen molar-refractivity contribution < 1.29 is 9.53 Å². The molecule has 20 heavy (non-hydrogen) atoms. The minimum atomic E-state index is -0.277. The molecular formula is C16H20BrNO2. The molecule has 0 saturated carbocycles. The number of esters is 1. The van der Waals surface area contributed by atoms with Crippen LogP contribution in [-0.2, 0) is 9.53 Å². The van der Waals surface area contributed by atoms with Crippen LogP contribution in [0.1, 0.15) is 26.2 Å². The van der Waals surface area contributed by atoms with Crippen molar-refractivity contribution in [1.29, 1.82) is 0 Å². The third-order valence-corrected chi connectivity index (χ3v) is 4.02. The average molecular weight is 338 g/mol. The van der Waals surface area contributed by atoms with E-state index in [-0.39, 0.29) is 12.0 Å². The zero-order chi connectivity index (χ0) is 14.4. The summed E-state index contributed by atoms with van der Waals surface area (Å²) in [6.07, 6.45) is 7.31. The van der Waals surface area contributed by atoms with Crippen LogP contribution >= 0.6 is 15.9 Å². The lowest BCUT2D eigenvalue weighted by Crippen LogP contribution is -2.38. The molecule has 2 unspecified atom stereocenters. The molecule has 1 aliphatic rings. The average Bonchev–Trinajstić information content (AvgIpc) is 2.48. The Kier molecular flexibility index (Phi) is 5.65. The van der Waals surface area contributed by atoms with Crippen LogP contribution in [0.4, 0.5) is 5.69 Å². The lowest BCUT2D eigenvalue weighted by molar-refractivity contribution is -0.145. The van der Waals surface area contributed by atoms with Gasteiger partial charge in [0.15, 0.2) is 0 Å². The van der Waals surface area contributed by atoms with Gasteiger partial charge in [0, 0.05) is 10.2 Å². The number of allylic oxidation sites excluding steroid dienone is 2. The Morgan fingerprint density at radius 1 is 1.40 bits per heavy atom. The number of carbonyl (C=O) groups excluding carboxylic acids is 1. The topological polar surface area (TPSA) is 38.3 Å². The Balaban J connectivity index is 2.10. The standard InChI is InChI=1S/C16H20BrNO2/c1-2-20-16(19)15(12-6-4-3-5-7-12)18-14-10-8-13(17)9-11-14/h3-4,8-12,15,18H,2,5-7H2,1H3. The van der Waals surface area contributed by atoms with E-state index in [4.69, 9.17) is 4.74 Å². The molecule has 4 heteroatoms. The first kappa shape index (κ1) is 15.1. The molecule has 0 amide bonds. The number of ether oxygens (including phenoxy) is 1. The number of rotatable bonds is 5. The molecule has 1 N–H and O–H groups in total. The van der Waals surface area contributed by atoms with Gasteiger partial charge in [-0.15, -0.1) is 0 Å². The monoisotopic (exact) mass is 337 g/mol. The molecule has 3 nitrogen and oxygen atoms in total. The zero-order valence-electron chi connectivity index (χ0n) is 11.6. The smallest absolute Gasteiger partial charge is 0.328 e. The molecular weight excluding hydrogens is 318 g/mol. The minimum absolute atomic E-state index is 0.157. The highest BCUT2D eigenvalue weighted by Gasteiger charge is 2.29. The van der Waals surface area contributed by atoms with Crippen molar-refractivity contribution in [3.05, 3.63) is 40.9 Å². The molecule has 0 heterocycles. The lowest BCUT2D eigenvalue weighted by atomic mass is 9.87. The highest BCUT2D eigenvalue weighted by Crippen LogP contribution is 2.26. The first-order chi connectivity index (χ1) is 9.70. The van der Waals surface area contributed by atoms with Crippen LogP contribution in [0.25, 0.3) is 0 Å². The van der Waals surface area contributed by atoms with Crippen LogP contribution in [0.3, 0.4) is 0 Å². The van der Waals surface area contributed by atoms with E-state index in [1.807, 2.05) is 31.2 Å². The van der Waals surface area contributed by atoms with E-state index in [0.717, 1.165) is 29.4 Å². The van der Waals surface area contributed by atoms with Gasteiger partial charge in [-0.25, -0.2) is 4.79 Å². The van der Waals surface area contributed by atoms with E-state index in [1.54, 1.807) is 0 Å². The molecule has 0 bridgehead atoms. The Hall–Kier alpha value is -1.29. The van der Waals surface area contributed by atoms with Crippen molar-refractivity contribution in [2.45, 2.75) is 32.2 Å². The van der Waals surface area contributed by atoms with E-state index in [1.165, 1.54) is 0 Å². The van der Waals surface area contributed by atoms with Crippen molar-refractivity contribution in [2.24, 2.45) is 5.92 Å². The first-order valence-corrected chi connectivity index (χ1v) is 7.83. The van der Waals surface area contributed by atoms with Gasteiger partial charge in [-0.05, 0) is 56.4 Å². The molecule has 108 valence electrons. The maximum atomic E-state index is 12.2. The van der Waals surface area contributed by atoms with Gasteiger partial charge in [0.2, 0.25) is 0 Å². The Bertz CT molecular complexity index is 470. The van der Waals surface area contributed by atoms with Crippen molar-refractivity contribution in [3.8, 4) is 0 Å². The predicted octanol–water partition coefficient (Wildman–Crippen LogP) is 4.15. The molecule has 1 aliphatic carbocycles. The van der Waals surface area contributed by atoms with E-state index in [2.05, 4.69) is 33.4 Å². The molecule has 0 spiro atoms. The summed E-state index contributed by atoms with van der Waals surface area (Å²) in [5.74, 6) is 0.137. The Morgan fingerprint density at radius 3 is 2.75 bits per heavy atom. The zero-order valence-corrected chi connectivity index (χ0v) is 13.2. The number of carbonyl (C=O) groups is 1. The second-order valence-electron chi connectivity index (χ2n) is 4.93. The van der Waals surface area contributed by atoms with Crippen molar-refractivity contribution in [1.82, 2.24) is 0 Å². The third-order valence-electron chi connectivity index (χ3n) is 3.49. The number of nitrogens with one attached hydrogen (secondary N) is 1. The summed E-state index contributed by atoms with van der Waals surface area (Å²) in [7, 11) is 0. The van der Waals surface area contributed by atoms with Crippen LogP contribution in [0, 0.1) is 5.92 Å². The summed E-state index contributed by atoms with van der Waals surface area (Å²) in [6, 6.07) is 7.58. The Morgan fingerprint density at radius 2 is 2.15 bits per heavy atom. The van der Waals surface area contributed by atoms with Crippen molar-refractivity contribution in [2.75, 3.05) is 11.9 Å². The summed E-state index contributed by atoms with van der Waals surface area (Å²) >= 11 is 3.41. The highest BCUT2D eigenvalue weighted by atomic mass is 79.9. The van der Waals surface area contributed by atoms with E-state index in [0.29, 0.717) is 12.5 Å². The van der Waals surface area contributed by atoms with Gasteiger partial charge < -0.3 is 10.1 Å². The van der Waals surface area contributed by atoms with Crippen LogP contribution in [-0.4, -0.2) is 18.6 Å². The Labute approximate surface area is 128 Å². The fourth-order valence-electron chi connectivity index (χ4n) is 2.45. The fourth-order valence-corrected chi connectivity index (χ4v) is 2.71. The van der Waals surface area contributed by atoms with E-state index < -0.39 is 0 Å². The molecule has 0 fully saturated rings. The maximum absolute atomic E-state index is 12.2. The number of halogens is 1. The van der Waals surface area contributed by atoms with Crippen molar-refractivity contribution in [3.63, 3.8) is 0 Å². The highest BCUT2D eigenvalue weighted by molar-refractivity contribution is 9.10. The quantitative estimate of drug-likeness (QED) is 0.647. The van der Waals surface area contributed by atoms with Crippen LogP contribution in [0.5, 0.6) is 0 Å². The molecule has 2 atom stereocenters. The maximum Gasteiger partial charge on any atom is 0.328 e. The van der Waals surface area contributed by atoms with Gasteiger partial charge >= 0.3 is 5.97 Å². The van der Waals surface area contributed by atoms with Crippen LogP contribution in [0.2, 0.25) is 0 Å². The van der Waals surface area contributed by atoms with Crippen molar-refractivity contribution >= 4 is 27.6 Å². The van der Waals surface area contributed by atoms with E-state index >= 15 is 0 Å². The summed E-state index contributed by atoms with van der Waals surface area (Å²) in [5, 5.41) is 3.33. The summed E-state index contributed by atoms with van der Waals surface area (Å²) in [6.45, 7) is 2.26. The number of hydrogen-bond acceptors (Lipinski definition) is 3. The van der Waals surface area contributed by atoms with Gasteiger partial charge in [-0.1, -0.05) is 28.1 Å². The second kappa shape index (κ2) is 7.48. The summed E-state index contributed by atoms with van der Waals surface area (Å²) in [4.78, 5) is 12.2. The first-order valence-electron chi connectivity index (χ1n) is 7.04.